The summed E-state index contributed by atoms with van der Waals surface area (Å²) in [6, 6.07) is 0.764. The monoisotopic (exact) mass is 215 g/mol. The molecular weight excluding hydrogens is 190 g/mol. The summed E-state index contributed by atoms with van der Waals surface area (Å²) in [5.41, 5.74) is 0.425. The first-order chi connectivity index (χ1) is 6.36. The Hall–Kier alpha value is 0.310. The Kier molecular flexibility index (Phi) is 3.93. The normalized spacial score (nSPS) is 32.1. The zero-order chi connectivity index (χ0) is 10.9. The molecule has 0 N–H and O–H groups in total. The van der Waals surface area contributed by atoms with Gasteiger partial charge in [-0.3, -0.25) is 4.90 Å². The summed E-state index contributed by atoms with van der Waals surface area (Å²) in [5, 5.41) is 0.671. The van der Waals surface area contributed by atoms with Crippen molar-refractivity contribution in [3.63, 3.8) is 0 Å². The van der Waals surface area contributed by atoms with Crippen LogP contribution in [0, 0.1) is 11.3 Å². The average molecular weight is 215 g/mol. The van der Waals surface area contributed by atoms with Crippen LogP contribution in [-0.4, -0.2) is 29.1 Å². The Labute approximate surface area is 93.6 Å². The van der Waals surface area contributed by atoms with Gasteiger partial charge in [0.2, 0.25) is 0 Å². The molecule has 1 unspecified atom stereocenters. The fourth-order valence-corrected chi connectivity index (χ4v) is 2.97. The second-order valence-electron chi connectivity index (χ2n) is 5.75. The van der Waals surface area contributed by atoms with Gasteiger partial charge >= 0.3 is 0 Å². The van der Waals surface area contributed by atoms with Crippen LogP contribution in [0.3, 0.4) is 0 Å². The fraction of sp³-hybridized carbons (Fsp3) is 1.00. The summed E-state index contributed by atoms with van der Waals surface area (Å²) in [5.74, 6) is 0.869. The van der Waals surface area contributed by atoms with Crippen molar-refractivity contribution in [3.8, 4) is 0 Å². The molecule has 1 aliphatic rings. The number of thioether (sulfide) groups is 1. The lowest BCUT2D eigenvalue weighted by atomic mass is 9.84. The quantitative estimate of drug-likeness (QED) is 0.694. The molecule has 84 valence electrons. The van der Waals surface area contributed by atoms with E-state index in [2.05, 4.69) is 45.8 Å². The third-order valence-corrected chi connectivity index (χ3v) is 4.31. The minimum atomic E-state index is 0.425. The van der Waals surface area contributed by atoms with Crippen LogP contribution in [0.25, 0.3) is 0 Å². The van der Waals surface area contributed by atoms with E-state index >= 15 is 0 Å². The Morgan fingerprint density at radius 3 is 2.36 bits per heavy atom. The lowest BCUT2D eigenvalue weighted by Gasteiger charge is -2.38. The molecule has 14 heavy (non-hydrogen) atoms. The number of rotatable bonds is 2. The number of hydrogen-bond donors (Lipinski definition) is 0. The van der Waals surface area contributed by atoms with Crippen LogP contribution in [0.2, 0.25) is 0 Å². The highest BCUT2D eigenvalue weighted by Crippen LogP contribution is 2.37. The van der Waals surface area contributed by atoms with Gasteiger partial charge in [-0.2, -0.15) is 0 Å². The van der Waals surface area contributed by atoms with Gasteiger partial charge < -0.3 is 0 Å². The molecule has 0 amide bonds. The fourth-order valence-electron chi connectivity index (χ4n) is 2.47. The van der Waals surface area contributed by atoms with Crippen LogP contribution < -0.4 is 0 Å². The van der Waals surface area contributed by atoms with Crippen LogP contribution in [0.1, 0.15) is 41.0 Å². The maximum absolute atomic E-state index is 2.69. The van der Waals surface area contributed by atoms with Crippen LogP contribution in [0.15, 0.2) is 0 Å². The smallest absolute Gasteiger partial charge is 0.0528 e. The summed E-state index contributed by atoms with van der Waals surface area (Å²) in [6.07, 6.45) is 3.59. The van der Waals surface area contributed by atoms with Crippen molar-refractivity contribution < 1.29 is 0 Å². The first kappa shape index (κ1) is 12.4. The van der Waals surface area contributed by atoms with E-state index in [-0.39, 0.29) is 0 Å². The van der Waals surface area contributed by atoms with Crippen molar-refractivity contribution in [3.05, 3.63) is 0 Å². The van der Waals surface area contributed by atoms with Crippen LogP contribution in [-0.2, 0) is 0 Å². The van der Waals surface area contributed by atoms with E-state index in [0.717, 1.165) is 12.0 Å². The van der Waals surface area contributed by atoms with E-state index in [0.29, 0.717) is 10.8 Å². The molecule has 0 aromatic heterocycles. The second kappa shape index (κ2) is 4.44. The summed E-state index contributed by atoms with van der Waals surface area (Å²) in [6.45, 7) is 13.1. The molecule has 1 rings (SSSR count). The van der Waals surface area contributed by atoms with E-state index < -0.39 is 0 Å². The van der Waals surface area contributed by atoms with E-state index in [1.807, 2.05) is 11.8 Å². The first-order valence-corrected chi connectivity index (χ1v) is 6.93. The molecule has 0 aromatic rings. The molecule has 1 saturated heterocycles. The molecule has 0 aromatic carbocycles. The van der Waals surface area contributed by atoms with Crippen LogP contribution >= 0.6 is 11.8 Å². The molecule has 0 saturated carbocycles. The molecule has 1 aliphatic heterocycles. The van der Waals surface area contributed by atoms with Gasteiger partial charge in [0.1, 0.15) is 0 Å². The minimum Gasteiger partial charge on any atom is -0.288 e. The molecule has 1 fully saturated rings. The second-order valence-corrected chi connectivity index (χ2v) is 6.91. The predicted octanol–water partition coefficient (Wildman–Crippen LogP) is 3.45. The molecule has 0 spiro atoms. The highest BCUT2D eigenvalue weighted by Gasteiger charge is 2.39. The topological polar surface area (TPSA) is 3.24 Å². The van der Waals surface area contributed by atoms with Crippen molar-refractivity contribution in [1.82, 2.24) is 4.90 Å². The Morgan fingerprint density at radius 2 is 1.93 bits per heavy atom. The molecule has 2 heteroatoms. The van der Waals surface area contributed by atoms with Crippen molar-refractivity contribution >= 4 is 11.8 Å². The molecule has 3 atom stereocenters. The summed E-state index contributed by atoms with van der Waals surface area (Å²) < 4.78 is 0. The maximum atomic E-state index is 2.69. The third-order valence-electron chi connectivity index (χ3n) is 3.36. The predicted molar refractivity (Wildman–Crippen MR) is 66.7 cm³/mol. The average Bonchev–Trinajstić information content (AvgIpc) is 2.45. The molecule has 0 aliphatic carbocycles. The van der Waals surface area contributed by atoms with Gasteiger partial charge in [0, 0.05) is 12.6 Å². The van der Waals surface area contributed by atoms with Crippen LogP contribution in [0.4, 0.5) is 0 Å². The third kappa shape index (κ3) is 2.66. The summed E-state index contributed by atoms with van der Waals surface area (Å²) in [7, 11) is 0. The van der Waals surface area contributed by atoms with E-state index in [9.17, 15) is 0 Å². The van der Waals surface area contributed by atoms with Gasteiger partial charge in [-0.25, -0.2) is 0 Å². The molecule has 0 bridgehead atoms. The van der Waals surface area contributed by atoms with Gasteiger partial charge in [0.15, 0.2) is 0 Å². The lowest BCUT2D eigenvalue weighted by Crippen LogP contribution is -2.43. The first-order valence-electron chi connectivity index (χ1n) is 5.64. The zero-order valence-electron chi connectivity index (χ0n) is 10.5. The van der Waals surface area contributed by atoms with Gasteiger partial charge in [-0.1, -0.05) is 27.7 Å². The van der Waals surface area contributed by atoms with Crippen molar-refractivity contribution in [2.45, 2.75) is 52.5 Å². The van der Waals surface area contributed by atoms with Gasteiger partial charge in [0.05, 0.1) is 5.37 Å². The van der Waals surface area contributed by atoms with Crippen molar-refractivity contribution in [2.75, 3.05) is 12.8 Å². The lowest BCUT2D eigenvalue weighted by molar-refractivity contribution is 0.136. The van der Waals surface area contributed by atoms with Crippen molar-refractivity contribution in [1.29, 1.82) is 0 Å². The van der Waals surface area contributed by atoms with Gasteiger partial charge in [-0.05, 0) is 30.9 Å². The van der Waals surface area contributed by atoms with E-state index in [1.54, 1.807) is 0 Å². The zero-order valence-corrected chi connectivity index (χ0v) is 11.3. The minimum absolute atomic E-state index is 0.425. The Morgan fingerprint density at radius 1 is 1.36 bits per heavy atom. The van der Waals surface area contributed by atoms with E-state index in [4.69, 9.17) is 0 Å². The molecule has 1 heterocycles. The Bertz CT molecular complexity index is 185. The number of hydrogen-bond acceptors (Lipinski definition) is 2. The summed E-state index contributed by atoms with van der Waals surface area (Å²) in [4.78, 5) is 2.69. The molecule has 0 radical (unpaired) electrons. The number of likely N-dealkylation sites (tertiary alicyclic amines) is 1. The van der Waals surface area contributed by atoms with E-state index in [1.165, 1.54) is 13.0 Å². The highest BCUT2D eigenvalue weighted by atomic mass is 32.2. The number of nitrogens with zero attached hydrogens (tertiary/aromatic N) is 1. The standard InChI is InChI=1S/C12H25NS/c1-9-7-11(12(3,4)5)13(8-9)10(2)14-6/h9-11H,7-8H2,1-6H3/t9-,10?,11+/m1/s1. The largest absolute Gasteiger partial charge is 0.288 e. The summed E-state index contributed by atoms with van der Waals surface area (Å²) >= 11 is 1.97. The van der Waals surface area contributed by atoms with Gasteiger partial charge in [0.25, 0.3) is 0 Å². The SMILES string of the molecule is CSC(C)N1C[C@H](C)C[C@H]1C(C)(C)C. The van der Waals surface area contributed by atoms with Crippen LogP contribution in [0.5, 0.6) is 0 Å². The van der Waals surface area contributed by atoms with Gasteiger partial charge in [-0.15, -0.1) is 11.8 Å². The highest BCUT2D eigenvalue weighted by molar-refractivity contribution is 7.99. The molecule has 1 nitrogen and oxygen atoms in total. The van der Waals surface area contributed by atoms with Crippen molar-refractivity contribution in [2.24, 2.45) is 11.3 Å². The molecular formula is C12H25NS. The Balaban J connectivity index is 2.73. The maximum Gasteiger partial charge on any atom is 0.0528 e.